The lowest BCUT2D eigenvalue weighted by molar-refractivity contribution is 0.0698. The van der Waals surface area contributed by atoms with E-state index < -0.39 is 5.97 Å². The molecule has 4 heteroatoms. The summed E-state index contributed by atoms with van der Waals surface area (Å²) in [6, 6.07) is 10.1. The molecule has 122 valence electrons. The van der Waals surface area contributed by atoms with Crippen LogP contribution in [0.4, 0.5) is 5.69 Å². The van der Waals surface area contributed by atoms with Gasteiger partial charge in [-0.15, -0.1) is 0 Å². The van der Waals surface area contributed by atoms with Crippen molar-refractivity contribution >= 4 is 11.7 Å². The molecule has 2 aromatic rings. The molecule has 0 saturated heterocycles. The molecule has 1 aromatic carbocycles. The zero-order chi connectivity index (χ0) is 16.7. The highest BCUT2D eigenvalue weighted by Gasteiger charge is 2.20. The number of pyridine rings is 1. The number of rotatable bonds is 4. The van der Waals surface area contributed by atoms with E-state index in [9.17, 15) is 9.90 Å². The number of nitrogens with zero attached hydrogens (tertiary/aromatic N) is 1. The number of hydrogen-bond donors (Lipinski definition) is 2. The molecule has 1 aromatic heterocycles. The van der Waals surface area contributed by atoms with Crippen LogP contribution in [0.2, 0.25) is 0 Å². The minimum atomic E-state index is -0.927. The summed E-state index contributed by atoms with van der Waals surface area (Å²) in [5.74, 6) is -0.499. The van der Waals surface area contributed by atoms with Crippen molar-refractivity contribution in [3.8, 4) is 0 Å². The maximum atomic E-state index is 11.2. The van der Waals surface area contributed by atoms with Gasteiger partial charge < -0.3 is 10.4 Å². The average molecular weight is 312 g/mol. The molecule has 2 N–H and O–H groups in total. The number of nitrogens with one attached hydrogen (secondary N) is 1. The minimum absolute atomic E-state index is 0.272. The van der Waals surface area contributed by atoms with Crippen molar-refractivity contribution < 1.29 is 9.90 Å². The fourth-order valence-corrected chi connectivity index (χ4v) is 3.02. The molecule has 4 nitrogen and oxygen atoms in total. The lowest BCUT2D eigenvalue weighted by atomic mass is 9.83. The van der Waals surface area contributed by atoms with Crippen LogP contribution >= 0.6 is 0 Å². The third-order valence-corrected chi connectivity index (χ3v) is 4.08. The Morgan fingerprint density at radius 3 is 2.87 bits per heavy atom. The molecular formula is C19H24N2O2. The van der Waals surface area contributed by atoms with Crippen molar-refractivity contribution in [2.45, 2.75) is 39.0 Å². The Morgan fingerprint density at radius 1 is 1.30 bits per heavy atom. The number of carboxylic acids is 1. The first-order valence-corrected chi connectivity index (χ1v) is 8.24. The summed E-state index contributed by atoms with van der Waals surface area (Å²) < 4.78 is 0. The van der Waals surface area contributed by atoms with Crippen LogP contribution in [-0.4, -0.2) is 22.6 Å². The molecule has 1 aliphatic rings. The van der Waals surface area contributed by atoms with Gasteiger partial charge >= 0.3 is 5.97 Å². The first kappa shape index (κ1) is 17.0. The Balaban J connectivity index is 0.000000924. The molecule has 1 heterocycles. The second-order valence-electron chi connectivity index (χ2n) is 5.40. The summed E-state index contributed by atoms with van der Waals surface area (Å²) in [5, 5.41) is 12.5. The number of aromatic carboxylic acids is 1. The summed E-state index contributed by atoms with van der Waals surface area (Å²) in [4.78, 5) is 15.2. The van der Waals surface area contributed by atoms with Gasteiger partial charge in [-0.1, -0.05) is 38.1 Å². The van der Waals surface area contributed by atoms with Crippen molar-refractivity contribution in [3.05, 3.63) is 59.4 Å². The van der Waals surface area contributed by atoms with Gasteiger partial charge in [-0.2, -0.15) is 0 Å². The van der Waals surface area contributed by atoms with Crippen LogP contribution in [0.15, 0.2) is 42.7 Å². The minimum Gasteiger partial charge on any atom is -0.478 e. The fourth-order valence-electron chi connectivity index (χ4n) is 3.02. The van der Waals surface area contributed by atoms with Crippen LogP contribution in [0.5, 0.6) is 0 Å². The molecule has 0 amide bonds. The third kappa shape index (κ3) is 4.09. The molecule has 0 aliphatic heterocycles. The molecule has 1 aliphatic carbocycles. The first-order valence-electron chi connectivity index (χ1n) is 8.24. The lowest BCUT2D eigenvalue weighted by Gasteiger charge is -2.26. The highest BCUT2D eigenvalue weighted by Crippen LogP contribution is 2.31. The van der Waals surface area contributed by atoms with Crippen molar-refractivity contribution in [2.24, 2.45) is 0 Å². The van der Waals surface area contributed by atoms with Crippen molar-refractivity contribution in [2.75, 3.05) is 11.9 Å². The molecule has 0 bridgehead atoms. The summed E-state index contributed by atoms with van der Waals surface area (Å²) in [5.41, 5.74) is 3.67. The van der Waals surface area contributed by atoms with Crippen LogP contribution in [-0.2, 0) is 6.42 Å². The Bertz CT molecular complexity index is 655. The predicted molar refractivity (Wildman–Crippen MR) is 93.2 cm³/mol. The van der Waals surface area contributed by atoms with E-state index in [-0.39, 0.29) is 5.56 Å². The molecule has 0 radical (unpaired) electrons. The molecule has 3 rings (SSSR count). The zero-order valence-electron chi connectivity index (χ0n) is 13.7. The Hall–Kier alpha value is -2.36. The number of aromatic nitrogens is 1. The molecule has 0 spiro atoms. The Morgan fingerprint density at radius 2 is 2.09 bits per heavy atom. The molecule has 0 saturated carbocycles. The van der Waals surface area contributed by atoms with Crippen LogP contribution < -0.4 is 5.32 Å². The number of benzene rings is 1. The lowest BCUT2D eigenvalue weighted by Crippen LogP contribution is -2.19. The third-order valence-electron chi connectivity index (χ3n) is 4.08. The van der Waals surface area contributed by atoms with Gasteiger partial charge in [0.2, 0.25) is 0 Å². The van der Waals surface area contributed by atoms with E-state index in [1.54, 1.807) is 6.20 Å². The van der Waals surface area contributed by atoms with Gasteiger partial charge in [0, 0.05) is 18.7 Å². The molecule has 0 fully saturated rings. The normalized spacial score (nSPS) is 15.8. The quantitative estimate of drug-likeness (QED) is 0.881. The van der Waals surface area contributed by atoms with E-state index in [0.29, 0.717) is 11.6 Å². The first-order chi connectivity index (χ1) is 11.3. The van der Waals surface area contributed by atoms with E-state index in [1.165, 1.54) is 29.8 Å². The SMILES string of the molecule is CC.O=C(O)c1ccncc1NCC1CCCc2ccccc21. The number of carbonyl (C=O) groups is 1. The second kappa shape index (κ2) is 8.32. The van der Waals surface area contributed by atoms with Gasteiger partial charge in [0.1, 0.15) is 0 Å². The van der Waals surface area contributed by atoms with Gasteiger partial charge in [-0.3, -0.25) is 4.98 Å². The zero-order valence-corrected chi connectivity index (χ0v) is 13.7. The average Bonchev–Trinajstić information content (AvgIpc) is 2.62. The van der Waals surface area contributed by atoms with Crippen LogP contribution in [0.1, 0.15) is 54.1 Å². The van der Waals surface area contributed by atoms with E-state index in [1.807, 2.05) is 13.8 Å². The smallest absolute Gasteiger partial charge is 0.337 e. The molecular weight excluding hydrogens is 288 g/mol. The number of fused-ring (bicyclic) bond motifs is 1. The van der Waals surface area contributed by atoms with Gasteiger partial charge in [0.05, 0.1) is 17.4 Å². The summed E-state index contributed by atoms with van der Waals surface area (Å²) in [6.45, 7) is 4.74. The summed E-state index contributed by atoms with van der Waals surface area (Å²) in [7, 11) is 0. The van der Waals surface area contributed by atoms with Gasteiger partial charge in [0.15, 0.2) is 0 Å². The summed E-state index contributed by atoms with van der Waals surface area (Å²) in [6.07, 6.45) is 6.54. The van der Waals surface area contributed by atoms with Gasteiger partial charge in [-0.25, -0.2) is 4.79 Å². The van der Waals surface area contributed by atoms with Crippen molar-refractivity contribution in [3.63, 3.8) is 0 Å². The highest BCUT2D eigenvalue weighted by molar-refractivity contribution is 5.93. The highest BCUT2D eigenvalue weighted by atomic mass is 16.4. The van der Waals surface area contributed by atoms with E-state index >= 15 is 0 Å². The standard InChI is InChI=1S/C17H18N2O2.C2H6/c20-17(21)15-8-9-18-11-16(15)19-10-13-6-3-5-12-4-1-2-7-14(12)13;1-2/h1-2,4,7-9,11,13,19H,3,5-6,10H2,(H,20,21);1-2H3. The summed E-state index contributed by atoms with van der Waals surface area (Å²) >= 11 is 0. The largest absolute Gasteiger partial charge is 0.478 e. The topological polar surface area (TPSA) is 62.2 Å². The number of hydrogen-bond acceptors (Lipinski definition) is 3. The molecule has 1 atom stereocenters. The second-order valence-corrected chi connectivity index (χ2v) is 5.40. The Kier molecular flexibility index (Phi) is 6.15. The van der Waals surface area contributed by atoms with E-state index in [4.69, 9.17) is 0 Å². The monoisotopic (exact) mass is 312 g/mol. The maximum Gasteiger partial charge on any atom is 0.337 e. The van der Waals surface area contributed by atoms with Crippen LogP contribution in [0, 0.1) is 0 Å². The number of anilines is 1. The van der Waals surface area contributed by atoms with Gasteiger partial charge in [0.25, 0.3) is 0 Å². The fraction of sp³-hybridized carbons (Fsp3) is 0.368. The molecule has 1 unspecified atom stereocenters. The number of carboxylic acid groups (broad SMARTS) is 1. The van der Waals surface area contributed by atoms with Crippen molar-refractivity contribution in [1.29, 1.82) is 0 Å². The van der Waals surface area contributed by atoms with Crippen LogP contribution in [0.3, 0.4) is 0 Å². The van der Waals surface area contributed by atoms with E-state index in [0.717, 1.165) is 19.4 Å². The van der Waals surface area contributed by atoms with Gasteiger partial charge in [-0.05, 0) is 36.5 Å². The number of aryl methyl sites for hydroxylation is 1. The Labute approximate surface area is 137 Å². The molecule has 23 heavy (non-hydrogen) atoms. The van der Waals surface area contributed by atoms with Crippen molar-refractivity contribution in [1.82, 2.24) is 4.98 Å². The maximum absolute atomic E-state index is 11.2. The predicted octanol–water partition coefficient (Wildman–Crippen LogP) is 4.34. The van der Waals surface area contributed by atoms with E-state index in [2.05, 4.69) is 34.6 Å². The van der Waals surface area contributed by atoms with Crippen LogP contribution in [0.25, 0.3) is 0 Å².